The number of fused-ring (bicyclic) bond motifs is 2. The van der Waals surface area contributed by atoms with Crippen LogP contribution < -0.4 is 9.47 Å². The fourth-order valence-corrected chi connectivity index (χ4v) is 6.04. The predicted molar refractivity (Wildman–Crippen MR) is 124 cm³/mol. The Morgan fingerprint density at radius 2 is 1.78 bits per heavy atom. The number of hydrogen-bond acceptors (Lipinski definition) is 8. The van der Waals surface area contributed by atoms with Gasteiger partial charge in [0.15, 0.2) is 5.01 Å². The fourth-order valence-electron chi connectivity index (χ4n) is 5.24. The normalized spacial score (nSPS) is 27.4. The number of rotatable bonds is 5. The van der Waals surface area contributed by atoms with E-state index in [2.05, 4.69) is 41.0 Å². The molecule has 1 N–H and O–H groups in total. The number of ether oxygens (including phenoxy) is 2. The van der Waals surface area contributed by atoms with Crippen LogP contribution in [-0.4, -0.2) is 56.5 Å². The molecular weight excluding hydrogens is 424 g/mol. The van der Waals surface area contributed by atoms with Crippen molar-refractivity contribution in [2.75, 3.05) is 14.2 Å². The third-order valence-corrected chi connectivity index (χ3v) is 8.18. The molecule has 3 aromatic rings. The van der Waals surface area contributed by atoms with Crippen LogP contribution >= 0.6 is 11.3 Å². The molecule has 2 unspecified atom stereocenters. The van der Waals surface area contributed by atoms with Crippen molar-refractivity contribution >= 4 is 11.3 Å². The second-order valence-corrected chi connectivity index (χ2v) is 10.3. The molecule has 4 heterocycles. The van der Waals surface area contributed by atoms with Gasteiger partial charge in [0.1, 0.15) is 11.9 Å². The van der Waals surface area contributed by atoms with Crippen molar-refractivity contribution < 1.29 is 14.6 Å². The van der Waals surface area contributed by atoms with E-state index < -0.39 is 0 Å². The molecule has 2 aromatic heterocycles. The number of nitrogens with zero attached hydrogens (tertiary/aromatic N) is 4. The minimum atomic E-state index is 0.127. The van der Waals surface area contributed by atoms with Crippen LogP contribution in [0.3, 0.4) is 0 Å². The maximum atomic E-state index is 10.7. The van der Waals surface area contributed by atoms with Crippen LogP contribution in [0.1, 0.15) is 39.5 Å². The summed E-state index contributed by atoms with van der Waals surface area (Å²) < 4.78 is 11.5. The Bertz CT molecular complexity index is 1130. The first kappa shape index (κ1) is 21.2. The Labute approximate surface area is 192 Å². The van der Waals surface area contributed by atoms with Crippen molar-refractivity contribution in [3.63, 3.8) is 0 Å². The number of piperidine rings is 1. The summed E-state index contributed by atoms with van der Waals surface area (Å²) in [5, 5.41) is 20.4. The topological polar surface area (TPSA) is 80.6 Å². The zero-order valence-electron chi connectivity index (χ0n) is 18.8. The molecule has 2 fully saturated rings. The average molecular weight is 453 g/mol. The van der Waals surface area contributed by atoms with Gasteiger partial charge >= 0.3 is 0 Å². The van der Waals surface area contributed by atoms with Crippen molar-refractivity contribution in [2.45, 2.75) is 56.7 Å². The van der Waals surface area contributed by atoms with Crippen LogP contribution in [0.4, 0.5) is 0 Å². The van der Waals surface area contributed by atoms with Gasteiger partial charge < -0.3 is 14.6 Å². The van der Waals surface area contributed by atoms with Crippen molar-refractivity contribution in [3.8, 4) is 38.5 Å². The lowest BCUT2D eigenvalue weighted by atomic mass is 9.84. The van der Waals surface area contributed by atoms with Gasteiger partial charge in [0.2, 0.25) is 5.88 Å². The quantitative estimate of drug-likeness (QED) is 0.597. The first-order valence-corrected chi connectivity index (χ1v) is 11.7. The third-order valence-electron chi connectivity index (χ3n) is 7.34. The molecule has 2 aliphatic heterocycles. The molecule has 2 bridgehead atoms. The molecule has 2 atom stereocenters. The van der Waals surface area contributed by atoms with E-state index in [0.29, 0.717) is 21.6 Å². The van der Waals surface area contributed by atoms with E-state index in [4.69, 9.17) is 9.47 Å². The zero-order valence-corrected chi connectivity index (χ0v) is 19.6. The van der Waals surface area contributed by atoms with Crippen molar-refractivity contribution in [2.24, 2.45) is 0 Å². The first-order valence-electron chi connectivity index (χ1n) is 10.9. The highest BCUT2D eigenvalue weighted by molar-refractivity contribution is 7.16. The molecule has 0 spiro atoms. The number of phenols is 1. The van der Waals surface area contributed by atoms with E-state index in [-0.39, 0.29) is 22.9 Å². The highest BCUT2D eigenvalue weighted by atomic mass is 32.1. The van der Waals surface area contributed by atoms with Gasteiger partial charge in [0.25, 0.3) is 5.19 Å². The minimum absolute atomic E-state index is 0.127. The van der Waals surface area contributed by atoms with Gasteiger partial charge in [-0.2, -0.15) is 0 Å². The summed E-state index contributed by atoms with van der Waals surface area (Å²) in [6.07, 6.45) is 6.19. The number of benzene rings is 1. The number of aromatic hydroxyl groups is 1. The van der Waals surface area contributed by atoms with Crippen LogP contribution in [0.25, 0.3) is 21.7 Å². The molecule has 5 rings (SSSR count). The molecule has 8 heteroatoms. The number of hydrogen-bond donors (Lipinski definition) is 1. The predicted octanol–water partition coefficient (Wildman–Crippen LogP) is 4.77. The van der Waals surface area contributed by atoms with Gasteiger partial charge in [-0.25, -0.2) is 4.98 Å². The highest BCUT2D eigenvalue weighted by Gasteiger charge is 2.54. The summed E-state index contributed by atoms with van der Waals surface area (Å²) in [6, 6.07) is 9.24. The summed E-state index contributed by atoms with van der Waals surface area (Å²) in [7, 11) is 3.82. The van der Waals surface area contributed by atoms with E-state index in [0.717, 1.165) is 24.0 Å². The van der Waals surface area contributed by atoms with Crippen LogP contribution in [-0.2, 0) is 0 Å². The molecule has 168 valence electrons. The number of phenolic OH excluding ortho intramolecular Hbond substituents is 1. The maximum Gasteiger partial charge on any atom is 0.294 e. The lowest BCUT2D eigenvalue weighted by Gasteiger charge is -2.48. The molecule has 7 nitrogen and oxygen atoms in total. The lowest BCUT2D eigenvalue weighted by Crippen LogP contribution is -2.57. The zero-order chi connectivity index (χ0) is 22.5. The van der Waals surface area contributed by atoms with E-state index in [1.807, 2.05) is 24.3 Å². The Kier molecular flexibility index (Phi) is 5.09. The highest BCUT2D eigenvalue weighted by Crippen LogP contribution is 2.50. The van der Waals surface area contributed by atoms with Gasteiger partial charge in [0.05, 0.1) is 12.7 Å². The minimum Gasteiger partial charge on any atom is -0.507 e. The number of methoxy groups -OCH3 is 1. The SMILES string of the molecule is COc1cc(-c2ccc(-c3nnc(OC4CC5(C)CCC(C)(C4)N5C)s3)c(O)c2)ccn1. The summed E-state index contributed by atoms with van der Waals surface area (Å²) >= 11 is 1.37. The molecule has 32 heavy (non-hydrogen) atoms. The van der Waals surface area contributed by atoms with Crippen molar-refractivity contribution in [1.82, 2.24) is 20.1 Å². The second-order valence-electron chi connectivity index (χ2n) is 9.39. The van der Waals surface area contributed by atoms with E-state index in [1.165, 1.54) is 24.2 Å². The number of pyridine rings is 1. The Balaban J connectivity index is 1.34. The molecule has 2 saturated heterocycles. The summed E-state index contributed by atoms with van der Waals surface area (Å²) in [4.78, 5) is 6.66. The smallest absolute Gasteiger partial charge is 0.294 e. The molecule has 0 radical (unpaired) electrons. The van der Waals surface area contributed by atoms with Crippen LogP contribution in [0, 0.1) is 0 Å². The second kappa shape index (κ2) is 7.71. The molecule has 0 saturated carbocycles. The molecule has 0 aliphatic carbocycles. The molecular formula is C24H28N4O3S. The molecule has 0 amide bonds. The monoisotopic (exact) mass is 452 g/mol. The largest absolute Gasteiger partial charge is 0.507 e. The lowest BCUT2D eigenvalue weighted by molar-refractivity contribution is -0.0252. The van der Waals surface area contributed by atoms with Gasteiger partial charge in [-0.3, -0.25) is 4.90 Å². The molecule has 1 aromatic carbocycles. The van der Waals surface area contributed by atoms with Crippen molar-refractivity contribution in [1.29, 1.82) is 0 Å². The molecule has 2 aliphatic rings. The fraction of sp³-hybridized carbons (Fsp3) is 0.458. The Morgan fingerprint density at radius 1 is 1.06 bits per heavy atom. The Morgan fingerprint density at radius 3 is 2.47 bits per heavy atom. The van der Waals surface area contributed by atoms with E-state index in [9.17, 15) is 5.11 Å². The maximum absolute atomic E-state index is 10.7. The van der Waals surface area contributed by atoms with Crippen LogP contribution in [0.5, 0.6) is 16.8 Å². The first-order chi connectivity index (χ1) is 15.3. The average Bonchev–Trinajstić information content (AvgIpc) is 3.28. The van der Waals surface area contributed by atoms with Crippen LogP contribution in [0.15, 0.2) is 36.5 Å². The van der Waals surface area contributed by atoms with Gasteiger partial charge in [-0.1, -0.05) is 22.5 Å². The standard InChI is InChI=1S/C24H28N4O3S/c1-23-8-9-24(2,28(23)3)14-17(13-23)31-22-27-26-21(32-22)18-6-5-15(11-19(18)29)16-7-10-25-20(12-16)30-4/h5-7,10-12,17,29H,8-9,13-14H2,1-4H3. The van der Waals surface area contributed by atoms with E-state index in [1.54, 1.807) is 19.4 Å². The van der Waals surface area contributed by atoms with Crippen molar-refractivity contribution in [3.05, 3.63) is 36.5 Å². The Hall–Kier alpha value is -2.71. The van der Waals surface area contributed by atoms with E-state index >= 15 is 0 Å². The van der Waals surface area contributed by atoms with Crippen LogP contribution in [0.2, 0.25) is 0 Å². The number of aromatic nitrogens is 3. The summed E-state index contributed by atoms with van der Waals surface area (Å²) in [6.45, 7) is 4.66. The summed E-state index contributed by atoms with van der Waals surface area (Å²) in [5.74, 6) is 0.681. The van der Waals surface area contributed by atoms with Gasteiger partial charge in [0, 0.05) is 36.2 Å². The van der Waals surface area contributed by atoms with Gasteiger partial charge in [-0.05, 0) is 63.1 Å². The third kappa shape index (κ3) is 3.61. The van der Waals surface area contributed by atoms with Gasteiger partial charge in [-0.15, -0.1) is 5.10 Å². The summed E-state index contributed by atoms with van der Waals surface area (Å²) in [5.41, 5.74) is 2.78.